The molecule has 0 bridgehead atoms. The van der Waals surface area contributed by atoms with E-state index in [-0.39, 0.29) is 6.42 Å². The molecule has 0 heterocycles. The van der Waals surface area contributed by atoms with E-state index in [2.05, 4.69) is 41.4 Å². The molecule has 0 spiro atoms. The lowest BCUT2D eigenvalue weighted by Gasteiger charge is -2.21. The molecule has 4 nitrogen and oxygen atoms in total. The Morgan fingerprint density at radius 2 is 1.32 bits per heavy atom. The molecule has 34 heavy (non-hydrogen) atoms. The Morgan fingerprint density at radius 3 is 1.94 bits per heavy atom. The smallest absolute Gasteiger partial charge is 0.352 e. The van der Waals surface area contributed by atoms with Crippen molar-refractivity contribution in [1.29, 1.82) is 0 Å². The Labute approximate surface area is 201 Å². The SMILES string of the molecule is O=C(C#CC[C@H](O)c1ccccc1O[Si](c1ccccc1)c1ccccc1)Nc1ccccc1. The molecule has 1 radical (unpaired) electrons. The predicted octanol–water partition coefficient (Wildman–Crippen LogP) is 3.94. The standard InChI is InChI=1S/C29H24NO3Si/c31-27(20-12-22-29(32)30-23-13-4-1-5-14-23)26-19-10-11-21-28(26)33-34(24-15-6-2-7-16-24)25-17-8-3-9-18-25/h1-11,13-19,21,27,31H,20H2,(H,30,32)/t27-/m0/s1. The van der Waals surface area contributed by atoms with Gasteiger partial charge in [0.05, 0.1) is 6.10 Å². The van der Waals surface area contributed by atoms with E-state index >= 15 is 0 Å². The van der Waals surface area contributed by atoms with Gasteiger partial charge in [0.1, 0.15) is 5.75 Å². The van der Waals surface area contributed by atoms with Crippen LogP contribution >= 0.6 is 0 Å². The molecule has 4 aromatic carbocycles. The molecule has 0 aromatic heterocycles. The third-order valence-electron chi connectivity index (χ3n) is 5.09. The number of amides is 1. The number of carbonyl (C=O) groups is 1. The highest BCUT2D eigenvalue weighted by atomic mass is 28.3. The van der Waals surface area contributed by atoms with E-state index in [0.29, 0.717) is 17.0 Å². The topological polar surface area (TPSA) is 58.6 Å². The third kappa shape index (κ3) is 6.23. The van der Waals surface area contributed by atoms with Gasteiger partial charge in [0, 0.05) is 17.7 Å². The summed E-state index contributed by atoms with van der Waals surface area (Å²) < 4.78 is 6.56. The summed E-state index contributed by atoms with van der Waals surface area (Å²) in [4.78, 5) is 12.1. The van der Waals surface area contributed by atoms with Crippen molar-refractivity contribution < 1.29 is 14.3 Å². The number of aliphatic hydroxyl groups is 1. The summed E-state index contributed by atoms with van der Waals surface area (Å²) in [5.41, 5.74) is 1.33. The van der Waals surface area contributed by atoms with Gasteiger partial charge >= 0.3 is 9.04 Å². The molecule has 5 heteroatoms. The Bertz CT molecular complexity index is 1230. The average Bonchev–Trinajstić information content (AvgIpc) is 2.89. The molecule has 0 aliphatic heterocycles. The second kappa shape index (κ2) is 11.7. The van der Waals surface area contributed by atoms with Crippen molar-refractivity contribution in [3.63, 3.8) is 0 Å². The fraction of sp³-hybridized carbons (Fsp3) is 0.0690. The molecule has 0 saturated heterocycles. The van der Waals surface area contributed by atoms with Crippen molar-refractivity contribution in [3.05, 3.63) is 121 Å². The van der Waals surface area contributed by atoms with Gasteiger partial charge in [0.15, 0.2) is 0 Å². The summed E-state index contributed by atoms with van der Waals surface area (Å²) >= 11 is 0. The summed E-state index contributed by atoms with van der Waals surface area (Å²) in [6.45, 7) is 0. The number of carbonyl (C=O) groups excluding carboxylic acids is 1. The molecule has 1 amide bonds. The first-order valence-corrected chi connectivity index (χ1v) is 12.4. The van der Waals surface area contributed by atoms with E-state index in [9.17, 15) is 9.90 Å². The van der Waals surface area contributed by atoms with Crippen LogP contribution in [0.2, 0.25) is 0 Å². The third-order valence-corrected chi connectivity index (χ3v) is 7.23. The second-order valence-corrected chi connectivity index (χ2v) is 9.56. The van der Waals surface area contributed by atoms with Gasteiger partial charge in [-0.15, -0.1) is 0 Å². The highest BCUT2D eigenvalue weighted by Gasteiger charge is 2.23. The molecule has 1 atom stereocenters. The lowest BCUT2D eigenvalue weighted by atomic mass is 10.1. The quantitative estimate of drug-likeness (QED) is 0.323. The molecule has 0 unspecified atom stereocenters. The summed E-state index contributed by atoms with van der Waals surface area (Å²) in [6.07, 6.45) is -0.774. The van der Waals surface area contributed by atoms with Crippen LogP contribution in [0.25, 0.3) is 0 Å². The van der Waals surface area contributed by atoms with Crippen molar-refractivity contribution in [2.45, 2.75) is 12.5 Å². The van der Waals surface area contributed by atoms with Gasteiger partial charge in [-0.1, -0.05) is 103 Å². The normalized spacial score (nSPS) is 11.2. The van der Waals surface area contributed by atoms with Crippen LogP contribution in [-0.4, -0.2) is 20.1 Å². The van der Waals surface area contributed by atoms with E-state index in [1.165, 1.54) is 0 Å². The van der Waals surface area contributed by atoms with Gasteiger partial charge in [-0.25, -0.2) is 0 Å². The lowest BCUT2D eigenvalue weighted by Crippen LogP contribution is -2.47. The minimum absolute atomic E-state index is 0.112. The van der Waals surface area contributed by atoms with Gasteiger partial charge in [0.25, 0.3) is 5.91 Å². The van der Waals surface area contributed by atoms with E-state index < -0.39 is 21.1 Å². The molecule has 4 rings (SSSR count). The van der Waals surface area contributed by atoms with Crippen LogP contribution < -0.4 is 20.1 Å². The molecular weight excluding hydrogens is 438 g/mol. The summed E-state index contributed by atoms with van der Waals surface area (Å²) in [5, 5.41) is 15.8. The first kappa shape index (κ1) is 23.1. The van der Waals surface area contributed by atoms with E-state index in [0.717, 1.165) is 10.4 Å². The molecular formula is C29H24NO3Si. The zero-order valence-corrected chi connectivity index (χ0v) is 19.5. The largest absolute Gasteiger partial charge is 0.532 e. The Balaban J connectivity index is 1.50. The van der Waals surface area contributed by atoms with Crippen molar-refractivity contribution >= 4 is 31.0 Å². The van der Waals surface area contributed by atoms with Gasteiger partial charge in [-0.2, -0.15) is 0 Å². The van der Waals surface area contributed by atoms with Crippen LogP contribution in [-0.2, 0) is 4.79 Å². The number of hydrogen-bond donors (Lipinski definition) is 2. The Hall–Kier alpha value is -4.11. The van der Waals surface area contributed by atoms with Crippen LogP contribution in [0.5, 0.6) is 5.75 Å². The van der Waals surface area contributed by atoms with Gasteiger partial charge < -0.3 is 14.8 Å². The zero-order valence-electron chi connectivity index (χ0n) is 18.5. The molecule has 4 aromatic rings. The van der Waals surface area contributed by atoms with Crippen LogP contribution in [0.3, 0.4) is 0 Å². The molecule has 2 N–H and O–H groups in total. The van der Waals surface area contributed by atoms with Crippen LogP contribution in [0.1, 0.15) is 18.1 Å². The van der Waals surface area contributed by atoms with Crippen molar-refractivity contribution in [2.24, 2.45) is 0 Å². The first-order valence-electron chi connectivity index (χ1n) is 11.0. The first-order chi connectivity index (χ1) is 16.7. The van der Waals surface area contributed by atoms with Crippen LogP contribution in [0, 0.1) is 11.8 Å². The number of hydrogen-bond acceptors (Lipinski definition) is 3. The summed E-state index contributed by atoms with van der Waals surface area (Å²) in [5.74, 6) is 5.54. The molecule has 0 aliphatic carbocycles. The van der Waals surface area contributed by atoms with Crippen molar-refractivity contribution in [2.75, 3.05) is 5.32 Å². The minimum atomic E-state index is -1.59. The zero-order chi connectivity index (χ0) is 23.6. The molecule has 0 fully saturated rings. The number of para-hydroxylation sites is 2. The Kier molecular flexibility index (Phi) is 7.91. The number of nitrogens with one attached hydrogen (secondary N) is 1. The number of rotatable bonds is 7. The van der Waals surface area contributed by atoms with Gasteiger partial charge in [-0.3, -0.25) is 4.79 Å². The van der Waals surface area contributed by atoms with Crippen LogP contribution in [0.4, 0.5) is 5.69 Å². The Morgan fingerprint density at radius 1 is 0.794 bits per heavy atom. The van der Waals surface area contributed by atoms with E-state index in [4.69, 9.17) is 4.43 Å². The molecule has 0 aliphatic rings. The maximum Gasteiger partial charge on any atom is 0.352 e. The predicted molar refractivity (Wildman–Crippen MR) is 137 cm³/mol. The fourth-order valence-corrected chi connectivity index (χ4v) is 5.41. The maximum absolute atomic E-state index is 12.1. The van der Waals surface area contributed by atoms with Gasteiger partial charge in [-0.05, 0) is 34.5 Å². The number of aliphatic hydroxyl groups excluding tert-OH is 1. The molecule has 0 saturated carbocycles. The number of benzene rings is 4. The van der Waals surface area contributed by atoms with Crippen molar-refractivity contribution in [1.82, 2.24) is 0 Å². The number of anilines is 1. The highest BCUT2D eigenvalue weighted by Crippen LogP contribution is 2.27. The van der Waals surface area contributed by atoms with Crippen LogP contribution in [0.15, 0.2) is 115 Å². The maximum atomic E-state index is 12.1. The van der Waals surface area contributed by atoms with Crippen molar-refractivity contribution in [3.8, 4) is 17.6 Å². The lowest BCUT2D eigenvalue weighted by molar-refractivity contribution is -0.111. The highest BCUT2D eigenvalue weighted by molar-refractivity contribution is 6.80. The summed E-state index contributed by atoms with van der Waals surface area (Å²) in [6, 6.07) is 36.8. The second-order valence-electron chi connectivity index (χ2n) is 7.54. The minimum Gasteiger partial charge on any atom is -0.532 e. The average molecular weight is 463 g/mol. The van der Waals surface area contributed by atoms with E-state index in [1.54, 1.807) is 12.1 Å². The van der Waals surface area contributed by atoms with E-state index in [1.807, 2.05) is 78.9 Å². The van der Waals surface area contributed by atoms with Gasteiger partial charge in [0.2, 0.25) is 0 Å². The monoisotopic (exact) mass is 462 g/mol. The summed E-state index contributed by atoms with van der Waals surface area (Å²) in [7, 11) is -1.59. The fourth-order valence-electron chi connectivity index (χ4n) is 3.44. The molecule has 167 valence electrons.